The van der Waals surface area contributed by atoms with Crippen molar-refractivity contribution in [3.05, 3.63) is 0 Å². The number of hydrogen-bond acceptors (Lipinski definition) is 2. The molecule has 1 aliphatic rings. The van der Waals surface area contributed by atoms with Gasteiger partial charge < -0.3 is 4.74 Å². The van der Waals surface area contributed by atoms with Gasteiger partial charge in [-0.05, 0) is 31.4 Å². The van der Waals surface area contributed by atoms with Gasteiger partial charge in [0.05, 0.1) is 0 Å². The zero-order valence-electron chi connectivity index (χ0n) is 5.32. The first-order valence-electron chi connectivity index (χ1n) is 2.99. The van der Waals surface area contributed by atoms with Crippen molar-refractivity contribution in [3.63, 3.8) is 0 Å². The average molecular weight is 149 g/mol. The molecule has 0 spiro atoms. The molecule has 0 N–H and O–H groups in total. The fourth-order valence-electron chi connectivity index (χ4n) is 0.934. The van der Waals surface area contributed by atoms with Crippen molar-refractivity contribution in [3.8, 4) is 0 Å². The summed E-state index contributed by atoms with van der Waals surface area (Å²) >= 11 is 5.26. The Morgan fingerprint density at radius 3 is 2.67 bits per heavy atom. The first-order chi connectivity index (χ1) is 4.15. The molecule has 1 heterocycles. The standard InChI is InChI=1S/C6H9ClO2/c1-6(5(7)8)3-2-4-9-6/h2-4H2,1H3. The Bertz CT molecular complexity index is 127. The van der Waals surface area contributed by atoms with E-state index in [9.17, 15) is 4.79 Å². The van der Waals surface area contributed by atoms with Gasteiger partial charge in [0.1, 0.15) is 5.60 Å². The van der Waals surface area contributed by atoms with E-state index < -0.39 is 5.60 Å². The lowest BCUT2D eigenvalue weighted by Crippen LogP contribution is -2.30. The van der Waals surface area contributed by atoms with Crippen LogP contribution in [0.25, 0.3) is 0 Å². The van der Waals surface area contributed by atoms with E-state index in [-0.39, 0.29) is 5.24 Å². The maximum Gasteiger partial charge on any atom is 0.253 e. The van der Waals surface area contributed by atoms with Crippen molar-refractivity contribution >= 4 is 16.8 Å². The smallest absolute Gasteiger partial charge is 0.253 e. The number of ether oxygens (including phenoxy) is 1. The van der Waals surface area contributed by atoms with Crippen molar-refractivity contribution in [1.29, 1.82) is 0 Å². The van der Waals surface area contributed by atoms with Crippen LogP contribution < -0.4 is 0 Å². The molecule has 0 aromatic rings. The molecule has 0 aromatic carbocycles. The predicted octanol–water partition coefficient (Wildman–Crippen LogP) is 1.32. The first kappa shape index (κ1) is 7.03. The fraction of sp³-hybridized carbons (Fsp3) is 0.833. The third-order valence-electron chi connectivity index (χ3n) is 1.63. The molecule has 0 saturated carbocycles. The SMILES string of the molecule is CC1(C(=O)Cl)CCCO1. The Morgan fingerprint density at radius 1 is 1.78 bits per heavy atom. The highest BCUT2D eigenvalue weighted by Crippen LogP contribution is 2.26. The second kappa shape index (κ2) is 2.27. The number of carbonyl (C=O) groups is 1. The van der Waals surface area contributed by atoms with Crippen LogP contribution in [-0.2, 0) is 9.53 Å². The summed E-state index contributed by atoms with van der Waals surface area (Å²) in [5.74, 6) is 0. The summed E-state index contributed by atoms with van der Waals surface area (Å²) in [6.07, 6.45) is 1.70. The molecule has 0 amide bonds. The number of carbonyl (C=O) groups excluding carboxylic acids is 1. The van der Waals surface area contributed by atoms with Gasteiger partial charge in [-0.2, -0.15) is 0 Å². The molecule has 0 bridgehead atoms. The summed E-state index contributed by atoms with van der Waals surface area (Å²) < 4.78 is 5.12. The minimum atomic E-state index is -0.679. The molecule has 1 rings (SSSR count). The van der Waals surface area contributed by atoms with Crippen LogP contribution in [0.2, 0.25) is 0 Å². The van der Waals surface area contributed by atoms with Gasteiger partial charge in [0, 0.05) is 6.61 Å². The van der Waals surface area contributed by atoms with Crippen molar-refractivity contribution in [2.45, 2.75) is 25.4 Å². The minimum absolute atomic E-state index is 0.375. The number of hydrogen-bond donors (Lipinski definition) is 0. The van der Waals surface area contributed by atoms with E-state index in [0.717, 1.165) is 12.8 Å². The lowest BCUT2D eigenvalue weighted by molar-refractivity contribution is -0.128. The van der Waals surface area contributed by atoms with E-state index in [4.69, 9.17) is 16.3 Å². The third-order valence-corrected chi connectivity index (χ3v) is 2.03. The summed E-state index contributed by atoms with van der Waals surface area (Å²) in [4.78, 5) is 10.6. The molecule has 1 unspecified atom stereocenters. The molecule has 1 atom stereocenters. The topological polar surface area (TPSA) is 26.3 Å². The molecule has 52 valence electrons. The second-order valence-corrected chi connectivity index (χ2v) is 2.80. The largest absolute Gasteiger partial charge is 0.366 e. The van der Waals surface area contributed by atoms with Crippen molar-refractivity contribution in [2.24, 2.45) is 0 Å². The van der Waals surface area contributed by atoms with Crippen LogP contribution in [0.15, 0.2) is 0 Å². The molecule has 0 aliphatic carbocycles. The number of halogens is 1. The van der Waals surface area contributed by atoms with E-state index in [1.165, 1.54) is 0 Å². The zero-order chi connectivity index (χ0) is 6.91. The monoisotopic (exact) mass is 148 g/mol. The summed E-state index contributed by atoms with van der Waals surface area (Å²) in [5.41, 5.74) is -0.679. The van der Waals surface area contributed by atoms with E-state index >= 15 is 0 Å². The summed E-state index contributed by atoms with van der Waals surface area (Å²) in [7, 11) is 0. The molecule has 0 radical (unpaired) electrons. The maximum atomic E-state index is 10.6. The van der Waals surface area contributed by atoms with Crippen molar-refractivity contribution in [1.82, 2.24) is 0 Å². The summed E-state index contributed by atoms with van der Waals surface area (Å²) in [6, 6.07) is 0. The van der Waals surface area contributed by atoms with Gasteiger partial charge in [-0.3, -0.25) is 4.79 Å². The number of rotatable bonds is 1. The summed E-state index contributed by atoms with van der Waals surface area (Å²) in [5, 5.41) is -0.375. The Balaban J connectivity index is 2.61. The van der Waals surface area contributed by atoms with Gasteiger partial charge in [0.2, 0.25) is 0 Å². The zero-order valence-corrected chi connectivity index (χ0v) is 6.07. The summed E-state index contributed by atoms with van der Waals surface area (Å²) in [6.45, 7) is 2.39. The maximum absolute atomic E-state index is 10.6. The fourth-order valence-corrected chi connectivity index (χ4v) is 1.08. The molecule has 1 aliphatic heterocycles. The molecular weight excluding hydrogens is 140 g/mol. The Hall–Kier alpha value is -0.0800. The molecular formula is C6H9ClO2. The van der Waals surface area contributed by atoms with Crippen LogP contribution in [0.1, 0.15) is 19.8 Å². The van der Waals surface area contributed by atoms with Gasteiger partial charge in [-0.1, -0.05) is 0 Å². The Morgan fingerprint density at radius 2 is 2.44 bits per heavy atom. The molecule has 9 heavy (non-hydrogen) atoms. The molecule has 3 heteroatoms. The Kier molecular flexibility index (Phi) is 1.78. The van der Waals surface area contributed by atoms with Crippen molar-refractivity contribution in [2.75, 3.05) is 6.61 Å². The van der Waals surface area contributed by atoms with Crippen LogP contribution in [0.4, 0.5) is 0 Å². The second-order valence-electron chi connectivity index (χ2n) is 2.46. The van der Waals surface area contributed by atoms with E-state index in [0.29, 0.717) is 6.61 Å². The predicted molar refractivity (Wildman–Crippen MR) is 34.5 cm³/mol. The minimum Gasteiger partial charge on any atom is -0.366 e. The van der Waals surface area contributed by atoms with Gasteiger partial charge in [-0.25, -0.2) is 0 Å². The van der Waals surface area contributed by atoms with E-state index in [1.54, 1.807) is 6.92 Å². The van der Waals surface area contributed by atoms with Crippen LogP contribution >= 0.6 is 11.6 Å². The first-order valence-corrected chi connectivity index (χ1v) is 3.37. The van der Waals surface area contributed by atoms with Crippen LogP contribution in [0, 0.1) is 0 Å². The quantitative estimate of drug-likeness (QED) is 0.525. The molecule has 1 saturated heterocycles. The van der Waals surface area contributed by atoms with E-state index in [2.05, 4.69) is 0 Å². The molecule has 0 aromatic heterocycles. The third kappa shape index (κ3) is 1.25. The van der Waals surface area contributed by atoms with Crippen molar-refractivity contribution < 1.29 is 9.53 Å². The average Bonchev–Trinajstić information content (AvgIpc) is 2.16. The highest BCUT2D eigenvalue weighted by atomic mass is 35.5. The highest BCUT2D eigenvalue weighted by molar-refractivity contribution is 6.65. The lowest BCUT2D eigenvalue weighted by atomic mass is 10.1. The van der Waals surface area contributed by atoms with Gasteiger partial charge in [-0.15, -0.1) is 0 Å². The van der Waals surface area contributed by atoms with Gasteiger partial charge >= 0.3 is 0 Å². The lowest BCUT2D eigenvalue weighted by Gasteiger charge is -2.16. The van der Waals surface area contributed by atoms with Crippen LogP contribution in [0.3, 0.4) is 0 Å². The molecule has 1 fully saturated rings. The molecule has 2 nitrogen and oxygen atoms in total. The van der Waals surface area contributed by atoms with Crippen LogP contribution in [-0.4, -0.2) is 17.5 Å². The van der Waals surface area contributed by atoms with Gasteiger partial charge in [0.25, 0.3) is 5.24 Å². The van der Waals surface area contributed by atoms with Crippen LogP contribution in [0.5, 0.6) is 0 Å². The van der Waals surface area contributed by atoms with E-state index in [1.807, 2.05) is 0 Å². The van der Waals surface area contributed by atoms with Gasteiger partial charge in [0.15, 0.2) is 0 Å². The highest BCUT2D eigenvalue weighted by Gasteiger charge is 2.36. The Labute approximate surface area is 59.1 Å². The normalized spacial score (nSPS) is 34.9.